The minimum absolute atomic E-state index is 0.159. The molecule has 39 heavy (non-hydrogen) atoms. The van der Waals surface area contributed by atoms with Crippen molar-refractivity contribution >= 4 is 56.4 Å². The highest BCUT2D eigenvalue weighted by atomic mass is 79.9. The second-order valence-corrected chi connectivity index (χ2v) is 13.0. The van der Waals surface area contributed by atoms with E-state index in [9.17, 15) is 9.59 Å². The summed E-state index contributed by atoms with van der Waals surface area (Å²) in [6.45, 7) is 10.1. The molecular formula is C31H30BrClN4O2. The summed E-state index contributed by atoms with van der Waals surface area (Å²) >= 11 is 9.90. The molecule has 8 heteroatoms. The lowest BCUT2D eigenvalue weighted by molar-refractivity contribution is -0.114. The fourth-order valence-corrected chi connectivity index (χ4v) is 7.19. The summed E-state index contributed by atoms with van der Waals surface area (Å²) < 4.78 is 0.860. The van der Waals surface area contributed by atoms with Gasteiger partial charge in [0.15, 0.2) is 5.78 Å². The van der Waals surface area contributed by atoms with Crippen LogP contribution in [0.3, 0.4) is 0 Å². The van der Waals surface area contributed by atoms with Crippen LogP contribution in [0.1, 0.15) is 72.8 Å². The molecule has 6 nitrogen and oxygen atoms in total. The normalized spacial score (nSPS) is 22.5. The lowest BCUT2D eigenvalue weighted by atomic mass is 9.65. The van der Waals surface area contributed by atoms with E-state index in [4.69, 9.17) is 11.6 Å². The highest BCUT2D eigenvalue weighted by Gasteiger charge is 2.52. The van der Waals surface area contributed by atoms with Gasteiger partial charge in [-0.2, -0.15) is 0 Å². The zero-order chi connectivity index (χ0) is 27.7. The van der Waals surface area contributed by atoms with Crippen LogP contribution in [0.5, 0.6) is 0 Å². The molecule has 1 atom stereocenters. The number of amides is 1. The number of halogens is 2. The van der Waals surface area contributed by atoms with Gasteiger partial charge in [-0.05, 0) is 81.5 Å². The van der Waals surface area contributed by atoms with E-state index in [2.05, 4.69) is 69.8 Å². The first-order chi connectivity index (χ1) is 18.5. The molecule has 0 radical (unpaired) electrons. The first-order valence-electron chi connectivity index (χ1n) is 13.3. The van der Waals surface area contributed by atoms with Crippen molar-refractivity contribution in [1.82, 2.24) is 9.97 Å². The van der Waals surface area contributed by atoms with E-state index in [0.717, 1.165) is 52.8 Å². The summed E-state index contributed by atoms with van der Waals surface area (Å²) in [4.78, 5) is 40.7. The van der Waals surface area contributed by atoms with Crippen molar-refractivity contribution in [2.45, 2.75) is 57.9 Å². The molecule has 0 spiro atoms. The van der Waals surface area contributed by atoms with Gasteiger partial charge in [0.05, 0.1) is 22.5 Å². The summed E-state index contributed by atoms with van der Waals surface area (Å²) in [5.74, 6) is 0.231. The number of anilines is 2. The molecule has 4 heterocycles. The molecule has 1 unspecified atom stereocenters. The van der Waals surface area contributed by atoms with Gasteiger partial charge in [-0.25, -0.2) is 9.97 Å². The maximum atomic E-state index is 14.0. The maximum absolute atomic E-state index is 14.0. The van der Waals surface area contributed by atoms with Crippen molar-refractivity contribution in [2.24, 2.45) is 0 Å². The second kappa shape index (κ2) is 9.27. The van der Waals surface area contributed by atoms with Gasteiger partial charge in [0.1, 0.15) is 0 Å². The van der Waals surface area contributed by atoms with Gasteiger partial charge in [-0.3, -0.25) is 9.59 Å². The fraction of sp³-hybridized carbons (Fsp3) is 0.355. The van der Waals surface area contributed by atoms with Gasteiger partial charge in [-0.15, -0.1) is 0 Å². The highest BCUT2D eigenvalue weighted by Crippen LogP contribution is 2.56. The van der Waals surface area contributed by atoms with Crippen molar-refractivity contribution in [2.75, 3.05) is 22.9 Å². The Morgan fingerprint density at radius 1 is 1.10 bits per heavy atom. The van der Waals surface area contributed by atoms with E-state index in [-0.39, 0.29) is 17.1 Å². The average molecular weight is 606 g/mol. The van der Waals surface area contributed by atoms with Crippen molar-refractivity contribution in [3.63, 3.8) is 0 Å². The van der Waals surface area contributed by atoms with Crippen LogP contribution >= 0.6 is 27.5 Å². The van der Waals surface area contributed by atoms with E-state index >= 15 is 0 Å². The van der Waals surface area contributed by atoms with E-state index < -0.39 is 5.54 Å². The molecule has 0 bridgehead atoms. The van der Waals surface area contributed by atoms with Crippen molar-refractivity contribution in [3.05, 3.63) is 86.1 Å². The van der Waals surface area contributed by atoms with Gasteiger partial charge in [0, 0.05) is 45.3 Å². The van der Waals surface area contributed by atoms with E-state index in [1.807, 2.05) is 30.0 Å². The zero-order valence-corrected chi connectivity index (χ0v) is 24.9. The molecule has 1 amide bonds. The molecule has 1 saturated heterocycles. The Hall–Kier alpha value is -3.03. The lowest BCUT2D eigenvalue weighted by Crippen LogP contribution is -2.54. The second-order valence-electron chi connectivity index (χ2n) is 11.6. The highest BCUT2D eigenvalue weighted by molar-refractivity contribution is 9.10. The van der Waals surface area contributed by atoms with Crippen LogP contribution in [0.25, 0.3) is 5.57 Å². The smallest absolute Gasteiger partial charge is 0.259 e. The third-order valence-corrected chi connectivity index (χ3v) is 9.10. The molecule has 1 aromatic heterocycles. The van der Waals surface area contributed by atoms with Gasteiger partial charge in [0.2, 0.25) is 5.95 Å². The molecule has 0 saturated carbocycles. The van der Waals surface area contributed by atoms with Crippen LogP contribution in [-0.4, -0.2) is 40.3 Å². The first-order valence-corrected chi connectivity index (χ1v) is 14.5. The minimum atomic E-state index is -0.490. The number of rotatable bonds is 4. The molecular weight excluding hydrogens is 576 g/mol. The van der Waals surface area contributed by atoms with Crippen LogP contribution in [0, 0.1) is 6.92 Å². The summed E-state index contributed by atoms with van der Waals surface area (Å²) in [5.41, 5.74) is 4.38. The fourth-order valence-electron chi connectivity index (χ4n) is 6.61. The molecule has 1 fully saturated rings. The third kappa shape index (κ3) is 4.21. The summed E-state index contributed by atoms with van der Waals surface area (Å²) in [5, 5.41) is 0.685. The van der Waals surface area contributed by atoms with E-state index in [1.54, 1.807) is 6.20 Å². The van der Waals surface area contributed by atoms with Crippen LogP contribution in [0.2, 0.25) is 5.02 Å². The van der Waals surface area contributed by atoms with E-state index in [0.29, 0.717) is 34.2 Å². The third-order valence-electron chi connectivity index (χ3n) is 8.39. The number of hydrogen-bond donors (Lipinski definition) is 0. The number of benzene rings is 2. The van der Waals surface area contributed by atoms with Crippen LogP contribution in [0.15, 0.2) is 53.1 Å². The number of aryl methyl sites for hydroxylation is 1. The monoisotopic (exact) mass is 604 g/mol. The molecule has 6 rings (SSSR count). The standard InChI is InChI=1S/C31H30BrClN4O2/c1-18-24(16-34-29(35-18)36-11-5-6-12-36)26(38)15-23-22-13-20(32)14-25-27(22)37(28(23)39)30(2,3)17-31(25,4)19-7-9-21(33)10-8-19/h7-10,13-16H,5-6,11-12,17H2,1-4H3. The molecule has 3 aliphatic rings. The van der Waals surface area contributed by atoms with Gasteiger partial charge in [-0.1, -0.05) is 46.6 Å². The number of ketones is 1. The van der Waals surface area contributed by atoms with Crippen molar-refractivity contribution < 1.29 is 9.59 Å². The number of carbonyl (C=O) groups excluding carboxylic acids is 2. The number of aromatic nitrogens is 2. The Balaban J connectivity index is 1.46. The van der Waals surface area contributed by atoms with Gasteiger partial charge in [0.25, 0.3) is 5.91 Å². The molecule has 2 aromatic carbocycles. The minimum Gasteiger partial charge on any atom is -0.341 e. The lowest BCUT2D eigenvalue weighted by Gasteiger charge is -2.49. The first kappa shape index (κ1) is 26.2. The average Bonchev–Trinajstić information content (AvgIpc) is 3.50. The predicted octanol–water partition coefficient (Wildman–Crippen LogP) is 6.90. The molecule has 200 valence electrons. The molecule has 0 aliphatic carbocycles. The SMILES string of the molecule is Cc1nc(N2CCCC2)ncc1C(=O)C=C1C(=O)N2c3c1cc(Br)cc3C(C)(c1ccc(Cl)cc1)CC2(C)C. The van der Waals surface area contributed by atoms with E-state index in [1.165, 1.54) is 6.08 Å². The topological polar surface area (TPSA) is 66.4 Å². The quantitative estimate of drug-likeness (QED) is 0.239. The zero-order valence-electron chi connectivity index (χ0n) is 22.5. The summed E-state index contributed by atoms with van der Waals surface area (Å²) in [6, 6.07) is 12.0. The predicted molar refractivity (Wildman–Crippen MR) is 159 cm³/mol. The Morgan fingerprint density at radius 3 is 2.46 bits per heavy atom. The van der Waals surface area contributed by atoms with Crippen molar-refractivity contribution in [3.8, 4) is 0 Å². The molecule has 3 aliphatic heterocycles. The summed E-state index contributed by atoms with van der Waals surface area (Å²) in [6.07, 6.45) is 6.03. The Bertz CT molecular complexity index is 1560. The van der Waals surface area contributed by atoms with Crippen molar-refractivity contribution in [1.29, 1.82) is 0 Å². The number of allylic oxidation sites excluding steroid dienone is 1. The molecule has 0 N–H and O–H groups in total. The number of hydrogen-bond acceptors (Lipinski definition) is 5. The van der Waals surface area contributed by atoms with Crippen LogP contribution < -0.4 is 9.80 Å². The Labute approximate surface area is 242 Å². The summed E-state index contributed by atoms with van der Waals surface area (Å²) in [7, 11) is 0. The number of nitrogens with zero attached hydrogens (tertiary/aromatic N) is 4. The Morgan fingerprint density at radius 2 is 1.79 bits per heavy atom. The largest absolute Gasteiger partial charge is 0.341 e. The maximum Gasteiger partial charge on any atom is 0.259 e. The van der Waals surface area contributed by atoms with Crippen LogP contribution in [-0.2, 0) is 10.2 Å². The van der Waals surface area contributed by atoms with Gasteiger partial charge >= 0.3 is 0 Å². The van der Waals surface area contributed by atoms with Crippen LogP contribution in [0.4, 0.5) is 11.6 Å². The van der Waals surface area contributed by atoms with Gasteiger partial charge < -0.3 is 9.80 Å². The number of carbonyl (C=O) groups is 2. The Kier molecular flexibility index (Phi) is 6.23. The molecule has 3 aromatic rings.